The number of sulfonamides is 1. The predicted molar refractivity (Wildman–Crippen MR) is 187 cm³/mol. The van der Waals surface area contributed by atoms with Gasteiger partial charge in [-0.1, -0.05) is 48.0 Å². The second kappa shape index (κ2) is 14.0. The van der Waals surface area contributed by atoms with Gasteiger partial charge in [0.15, 0.2) is 0 Å². The molecule has 3 fully saturated rings. The third-order valence-corrected chi connectivity index (χ3v) is 13.1. The molecule has 3 aliphatic heterocycles. The van der Waals surface area contributed by atoms with Crippen molar-refractivity contribution in [2.75, 3.05) is 45.8 Å². The Morgan fingerprint density at radius 1 is 0.936 bits per heavy atom. The number of halogens is 1. The molecule has 3 saturated heterocycles. The lowest BCUT2D eigenvalue weighted by Crippen LogP contribution is -2.58. The molecule has 0 N–H and O–H groups in total. The summed E-state index contributed by atoms with van der Waals surface area (Å²) in [5.74, 6) is 0.572. The van der Waals surface area contributed by atoms with Crippen LogP contribution in [0.15, 0.2) is 71.8 Å². The van der Waals surface area contributed by atoms with E-state index in [1.54, 1.807) is 34.8 Å². The van der Waals surface area contributed by atoms with Crippen LogP contribution in [0.2, 0.25) is 5.02 Å². The van der Waals surface area contributed by atoms with Crippen molar-refractivity contribution in [2.45, 2.75) is 75.9 Å². The van der Waals surface area contributed by atoms with E-state index in [1.165, 1.54) is 5.56 Å². The van der Waals surface area contributed by atoms with Gasteiger partial charge >= 0.3 is 0 Å². The largest absolute Gasteiger partial charge is 0.338 e. The molecule has 2 aromatic carbocycles. The van der Waals surface area contributed by atoms with Crippen molar-refractivity contribution in [2.24, 2.45) is 5.92 Å². The van der Waals surface area contributed by atoms with E-state index >= 15 is 0 Å². The number of hydrogen-bond acceptors (Lipinski definition) is 6. The molecule has 8 nitrogen and oxygen atoms in total. The van der Waals surface area contributed by atoms with Crippen LogP contribution in [0.1, 0.15) is 72.8 Å². The van der Waals surface area contributed by atoms with Gasteiger partial charge in [-0.2, -0.15) is 4.31 Å². The minimum absolute atomic E-state index is 0.0624. The molecule has 10 heteroatoms. The summed E-state index contributed by atoms with van der Waals surface area (Å²) in [6.45, 7) is 13.6. The number of piperidine rings is 2. The van der Waals surface area contributed by atoms with Crippen LogP contribution >= 0.6 is 11.6 Å². The Morgan fingerprint density at radius 2 is 1.64 bits per heavy atom. The first-order chi connectivity index (χ1) is 22.5. The van der Waals surface area contributed by atoms with Gasteiger partial charge < -0.3 is 4.90 Å². The van der Waals surface area contributed by atoms with Gasteiger partial charge in [0.1, 0.15) is 0 Å². The van der Waals surface area contributed by atoms with E-state index in [-0.39, 0.29) is 28.4 Å². The summed E-state index contributed by atoms with van der Waals surface area (Å²) in [6, 6.07) is 19.5. The highest BCUT2D eigenvalue weighted by molar-refractivity contribution is 7.89. The standard InChI is InChI=1S/C37H48ClN5O3S/c1-27-13-18-39-29(3)34(27)36(44)40-21-16-37(4,17-22-40)41-19-14-31(15-20-41)35(30-9-6-5-7-10-30)43-24-23-42(26-28(43)2)47(45,46)33-12-8-11-32(38)25-33/h5-13,18,25,28,31,35H,14-17,19-24,26H2,1-4H3. The van der Waals surface area contributed by atoms with Crippen molar-refractivity contribution in [3.63, 3.8) is 0 Å². The average molecular weight is 678 g/mol. The minimum atomic E-state index is -3.62. The second-order valence-electron chi connectivity index (χ2n) is 14.0. The van der Waals surface area contributed by atoms with Crippen LogP contribution in [0.4, 0.5) is 0 Å². The molecule has 0 saturated carbocycles. The molecule has 1 aromatic heterocycles. The first-order valence-electron chi connectivity index (χ1n) is 17.0. The molecule has 47 heavy (non-hydrogen) atoms. The number of amides is 1. The van der Waals surface area contributed by atoms with Crippen molar-refractivity contribution in [3.05, 3.63) is 94.3 Å². The number of hydrogen-bond donors (Lipinski definition) is 0. The van der Waals surface area contributed by atoms with Crippen LogP contribution < -0.4 is 0 Å². The lowest BCUT2D eigenvalue weighted by Gasteiger charge is -2.52. The summed E-state index contributed by atoms with van der Waals surface area (Å²) in [6.07, 6.45) is 5.86. The fourth-order valence-corrected chi connectivity index (χ4v) is 9.98. The highest BCUT2D eigenvalue weighted by Gasteiger charge is 2.43. The number of likely N-dealkylation sites (tertiary alicyclic amines) is 2. The maximum atomic E-state index is 13.5. The average Bonchev–Trinajstić information content (AvgIpc) is 3.06. The van der Waals surface area contributed by atoms with Gasteiger partial charge in [-0.15, -0.1) is 0 Å². The molecule has 0 spiro atoms. The zero-order valence-electron chi connectivity index (χ0n) is 28.1. The molecule has 0 aliphatic carbocycles. The smallest absolute Gasteiger partial charge is 0.255 e. The minimum Gasteiger partial charge on any atom is -0.338 e. The first kappa shape index (κ1) is 34.1. The van der Waals surface area contributed by atoms with Crippen molar-refractivity contribution in [1.82, 2.24) is 24.0 Å². The zero-order chi connectivity index (χ0) is 33.3. The van der Waals surface area contributed by atoms with E-state index in [0.29, 0.717) is 30.6 Å². The third-order valence-electron chi connectivity index (χ3n) is 11.0. The van der Waals surface area contributed by atoms with Crippen LogP contribution in [-0.2, 0) is 10.0 Å². The Balaban J connectivity index is 1.11. The number of pyridine rings is 1. The maximum absolute atomic E-state index is 13.5. The van der Waals surface area contributed by atoms with Crippen LogP contribution in [-0.4, -0.2) is 95.7 Å². The molecule has 252 valence electrons. The van der Waals surface area contributed by atoms with Crippen LogP contribution in [0.3, 0.4) is 0 Å². The van der Waals surface area contributed by atoms with E-state index in [0.717, 1.165) is 68.7 Å². The molecule has 3 aromatic rings. The first-order valence-corrected chi connectivity index (χ1v) is 18.8. The summed E-state index contributed by atoms with van der Waals surface area (Å²) in [5, 5.41) is 0.427. The van der Waals surface area contributed by atoms with E-state index in [1.807, 2.05) is 24.8 Å². The summed E-state index contributed by atoms with van der Waals surface area (Å²) >= 11 is 6.15. The third kappa shape index (κ3) is 7.01. The Morgan fingerprint density at radius 3 is 2.28 bits per heavy atom. The Labute approximate surface area is 285 Å². The number of benzene rings is 2. The van der Waals surface area contributed by atoms with Crippen molar-refractivity contribution >= 4 is 27.5 Å². The number of aryl methyl sites for hydroxylation is 2. The van der Waals surface area contributed by atoms with Crippen LogP contribution in [0.5, 0.6) is 0 Å². The highest BCUT2D eigenvalue weighted by Crippen LogP contribution is 2.41. The van der Waals surface area contributed by atoms with E-state index < -0.39 is 10.0 Å². The molecule has 2 atom stereocenters. The lowest BCUT2D eigenvalue weighted by atomic mass is 9.80. The fourth-order valence-electron chi connectivity index (χ4n) is 8.17. The number of rotatable bonds is 7. The summed E-state index contributed by atoms with van der Waals surface area (Å²) in [5.41, 5.74) is 3.92. The van der Waals surface area contributed by atoms with E-state index in [9.17, 15) is 13.2 Å². The second-order valence-corrected chi connectivity index (χ2v) is 16.3. The van der Waals surface area contributed by atoms with Crippen LogP contribution in [0.25, 0.3) is 0 Å². The quantitative estimate of drug-likeness (QED) is 0.297. The highest BCUT2D eigenvalue weighted by atomic mass is 35.5. The number of piperazine rings is 1. The van der Waals surface area contributed by atoms with Gasteiger partial charge in [-0.3, -0.25) is 19.6 Å². The molecule has 4 heterocycles. The van der Waals surface area contributed by atoms with Crippen molar-refractivity contribution < 1.29 is 13.2 Å². The fraction of sp³-hybridized carbons (Fsp3) is 0.514. The molecule has 1 amide bonds. The Bertz CT molecular complexity index is 1650. The van der Waals surface area contributed by atoms with E-state index in [2.05, 4.69) is 59.0 Å². The monoisotopic (exact) mass is 677 g/mol. The molecule has 0 radical (unpaired) electrons. The van der Waals surface area contributed by atoms with Gasteiger partial charge in [-0.05, 0) is 108 Å². The Hall–Kier alpha value is -2.82. The molecule has 3 aliphatic rings. The van der Waals surface area contributed by atoms with Gasteiger partial charge in [0.05, 0.1) is 16.2 Å². The van der Waals surface area contributed by atoms with E-state index in [4.69, 9.17) is 11.6 Å². The van der Waals surface area contributed by atoms with Crippen molar-refractivity contribution in [1.29, 1.82) is 0 Å². The van der Waals surface area contributed by atoms with Gasteiger partial charge in [0.25, 0.3) is 5.91 Å². The topological polar surface area (TPSA) is 77.1 Å². The van der Waals surface area contributed by atoms with Gasteiger partial charge in [0, 0.05) is 61.6 Å². The van der Waals surface area contributed by atoms with Crippen molar-refractivity contribution in [3.8, 4) is 0 Å². The molecule has 2 unspecified atom stereocenters. The molecule has 0 bridgehead atoms. The SMILES string of the molecule is Cc1ccnc(C)c1C(=O)N1CCC(C)(N2CCC(C(c3ccccc3)N3CCN(S(=O)(=O)c4cccc(Cl)c4)CC3C)CC2)CC1. The molecule has 6 rings (SSSR count). The van der Waals surface area contributed by atoms with Gasteiger partial charge in [0.2, 0.25) is 10.0 Å². The maximum Gasteiger partial charge on any atom is 0.255 e. The lowest BCUT2D eigenvalue weighted by molar-refractivity contribution is -0.0134. The number of carbonyl (C=O) groups is 1. The predicted octanol–water partition coefficient (Wildman–Crippen LogP) is 6.19. The number of carbonyl (C=O) groups excluding carboxylic acids is 1. The Kier molecular flexibility index (Phi) is 10.1. The van der Waals surface area contributed by atoms with Crippen LogP contribution in [0, 0.1) is 19.8 Å². The number of aromatic nitrogens is 1. The molecular formula is C37H48ClN5O3S. The van der Waals surface area contributed by atoms with Gasteiger partial charge in [-0.25, -0.2) is 8.42 Å². The number of nitrogens with zero attached hydrogens (tertiary/aromatic N) is 5. The zero-order valence-corrected chi connectivity index (χ0v) is 29.7. The summed E-state index contributed by atoms with van der Waals surface area (Å²) in [7, 11) is -3.62. The summed E-state index contributed by atoms with van der Waals surface area (Å²) < 4.78 is 28.7. The normalized spacial score (nSPS) is 22.7. The molecular weight excluding hydrogens is 630 g/mol. The summed E-state index contributed by atoms with van der Waals surface area (Å²) in [4.78, 5) is 25.3.